The number of benzene rings is 1. The van der Waals surface area contributed by atoms with Gasteiger partial charge in [-0.2, -0.15) is 0 Å². The number of carbonyl (C=O) groups is 1. The number of ether oxygens (including phenoxy) is 1. The van der Waals surface area contributed by atoms with E-state index in [2.05, 4.69) is 46.0 Å². The van der Waals surface area contributed by atoms with Crippen molar-refractivity contribution in [1.29, 1.82) is 0 Å². The van der Waals surface area contributed by atoms with Crippen LogP contribution >= 0.6 is 0 Å². The van der Waals surface area contributed by atoms with E-state index in [9.17, 15) is 4.79 Å². The molecule has 5 heteroatoms. The van der Waals surface area contributed by atoms with Crippen LogP contribution in [0.2, 0.25) is 0 Å². The van der Waals surface area contributed by atoms with Gasteiger partial charge in [0.15, 0.2) is 0 Å². The van der Waals surface area contributed by atoms with E-state index in [4.69, 9.17) is 4.74 Å². The molecule has 25 heavy (non-hydrogen) atoms. The summed E-state index contributed by atoms with van der Waals surface area (Å²) in [6, 6.07) is 10.7. The molecule has 1 aliphatic heterocycles. The Bertz CT molecular complexity index is 709. The van der Waals surface area contributed by atoms with E-state index in [0.717, 1.165) is 45.7 Å². The molecule has 0 saturated carbocycles. The van der Waals surface area contributed by atoms with Crippen LogP contribution in [0.1, 0.15) is 27.2 Å². The standard InChI is InChI=1S/C20H29N3O2/c1-20(2,3)25-19(24)23-15-13-21(14-16-23)10-6-11-22-12-9-17-7-4-5-8-18(17)22/h4-5,7-9,12H,6,10-11,13-16H2,1-3H3. The zero-order valence-electron chi connectivity index (χ0n) is 15.6. The Kier molecular flexibility index (Phi) is 5.33. The summed E-state index contributed by atoms with van der Waals surface area (Å²) >= 11 is 0. The maximum atomic E-state index is 12.1. The highest BCUT2D eigenvalue weighted by Gasteiger charge is 2.25. The minimum Gasteiger partial charge on any atom is -0.444 e. The van der Waals surface area contributed by atoms with Gasteiger partial charge in [-0.1, -0.05) is 18.2 Å². The molecule has 2 heterocycles. The van der Waals surface area contributed by atoms with Crippen molar-refractivity contribution in [2.75, 3.05) is 32.7 Å². The zero-order valence-corrected chi connectivity index (χ0v) is 15.6. The second kappa shape index (κ2) is 7.48. The molecule has 1 amide bonds. The molecule has 1 aliphatic rings. The minimum atomic E-state index is -0.423. The second-order valence-corrected chi connectivity index (χ2v) is 7.73. The molecule has 5 nitrogen and oxygen atoms in total. The molecule has 0 atom stereocenters. The van der Waals surface area contributed by atoms with Gasteiger partial charge in [0, 0.05) is 44.4 Å². The fourth-order valence-corrected chi connectivity index (χ4v) is 3.28. The number of aromatic nitrogens is 1. The number of hydrogen-bond donors (Lipinski definition) is 0. The number of rotatable bonds is 4. The molecule has 1 fully saturated rings. The first kappa shape index (κ1) is 17.8. The van der Waals surface area contributed by atoms with E-state index in [1.54, 1.807) is 0 Å². The average molecular weight is 343 g/mol. The second-order valence-electron chi connectivity index (χ2n) is 7.73. The van der Waals surface area contributed by atoms with E-state index >= 15 is 0 Å². The van der Waals surface area contributed by atoms with Crippen LogP contribution in [0.15, 0.2) is 36.5 Å². The monoisotopic (exact) mass is 343 g/mol. The third-order valence-corrected chi connectivity index (χ3v) is 4.58. The molecule has 0 unspecified atom stereocenters. The Hall–Kier alpha value is -2.01. The maximum Gasteiger partial charge on any atom is 0.410 e. The molecule has 0 N–H and O–H groups in total. The van der Waals surface area contributed by atoms with Crippen molar-refractivity contribution in [2.45, 2.75) is 39.3 Å². The third kappa shape index (κ3) is 4.75. The molecule has 1 saturated heterocycles. The van der Waals surface area contributed by atoms with Gasteiger partial charge < -0.3 is 14.2 Å². The molecule has 2 aromatic rings. The fraction of sp³-hybridized carbons (Fsp3) is 0.550. The molecule has 1 aromatic carbocycles. The smallest absolute Gasteiger partial charge is 0.410 e. The molecule has 0 spiro atoms. The highest BCUT2D eigenvalue weighted by molar-refractivity contribution is 5.79. The lowest BCUT2D eigenvalue weighted by molar-refractivity contribution is 0.0144. The van der Waals surface area contributed by atoms with Crippen LogP contribution < -0.4 is 0 Å². The number of fused-ring (bicyclic) bond motifs is 1. The highest BCUT2D eigenvalue weighted by Crippen LogP contribution is 2.16. The summed E-state index contributed by atoms with van der Waals surface area (Å²) in [6.07, 6.45) is 3.10. The number of piperazine rings is 1. The summed E-state index contributed by atoms with van der Waals surface area (Å²) in [7, 11) is 0. The van der Waals surface area contributed by atoms with Crippen molar-refractivity contribution in [3.63, 3.8) is 0 Å². The van der Waals surface area contributed by atoms with Crippen molar-refractivity contribution in [2.24, 2.45) is 0 Å². The number of para-hydroxylation sites is 1. The van der Waals surface area contributed by atoms with Gasteiger partial charge in [0.05, 0.1) is 0 Å². The lowest BCUT2D eigenvalue weighted by Gasteiger charge is -2.35. The predicted octanol–water partition coefficient (Wildman–Crippen LogP) is 3.58. The molecule has 0 aliphatic carbocycles. The molecule has 0 bridgehead atoms. The first-order valence-electron chi connectivity index (χ1n) is 9.16. The predicted molar refractivity (Wildman–Crippen MR) is 101 cm³/mol. The van der Waals surface area contributed by atoms with Gasteiger partial charge in [-0.25, -0.2) is 4.79 Å². The number of nitrogens with zero attached hydrogens (tertiary/aromatic N) is 3. The largest absolute Gasteiger partial charge is 0.444 e. The topological polar surface area (TPSA) is 37.7 Å². The van der Waals surface area contributed by atoms with Crippen LogP contribution in [0.25, 0.3) is 10.9 Å². The molecular formula is C20H29N3O2. The fourth-order valence-electron chi connectivity index (χ4n) is 3.28. The van der Waals surface area contributed by atoms with E-state index < -0.39 is 5.60 Å². The van der Waals surface area contributed by atoms with Gasteiger partial charge in [0.25, 0.3) is 0 Å². The maximum absolute atomic E-state index is 12.1. The number of aryl methyl sites for hydroxylation is 1. The highest BCUT2D eigenvalue weighted by atomic mass is 16.6. The van der Waals surface area contributed by atoms with Crippen molar-refractivity contribution in [3.05, 3.63) is 36.5 Å². The van der Waals surface area contributed by atoms with Crippen LogP contribution in [-0.2, 0) is 11.3 Å². The van der Waals surface area contributed by atoms with Crippen LogP contribution in [0.5, 0.6) is 0 Å². The Balaban J connectivity index is 1.42. The van der Waals surface area contributed by atoms with Gasteiger partial charge in [0.2, 0.25) is 0 Å². The summed E-state index contributed by atoms with van der Waals surface area (Å²) in [5.41, 5.74) is 0.880. The lowest BCUT2D eigenvalue weighted by Crippen LogP contribution is -2.50. The van der Waals surface area contributed by atoms with Crippen LogP contribution in [0.3, 0.4) is 0 Å². The van der Waals surface area contributed by atoms with Crippen molar-refractivity contribution in [1.82, 2.24) is 14.4 Å². The molecule has 1 aromatic heterocycles. The zero-order chi connectivity index (χ0) is 17.9. The molecular weight excluding hydrogens is 314 g/mol. The average Bonchev–Trinajstić information content (AvgIpc) is 2.97. The quantitative estimate of drug-likeness (QED) is 0.851. The summed E-state index contributed by atoms with van der Waals surface area (Å²) in [5.74, 6) is 0. The SMILES string of the molecule is CC(C)(C)OC(=O)N1CCN(CCCn2ccc3ccccc32)CC1. The van der Waals surface area contributed by atoms with Crippen molar-refractivity contribution in [3.8, 4) is 0 Å². The summed E-state index contributed by atoms with van der Waals surface area (Å²) in [5, 5.41) is 1.30. The van der Waals surface area contributed by atoms with Gasteiger partial charge in [-0.15, -0.1) is 0 Å². The van der Waals surface area contributed by atoms with Crippen LogP contribution in [-0.4, -0.2) is 58.8 Å². The normalized spacial score (nSPS) is 16.4. The summed E-state index contributed by atoms with van der Waals surface area (Å²) < 4.78 is 7.77. The third-order valence-electron chi connectivity index (χ3n) is 4.58. The van der Waals surface area contributed by atoms with Crippen molar-refractivity contribution < 1.29 is 9.53 Å². The van der Waals surface area contributed by atoms with E-state index in [-0.39, 0.29) is 6.09 Å². The molecule has 0 radical (unpaired) electrons. The van der Waals surface area contributed by atoms with Gasteiger partial charge in [-0.05, 0) is 51.3 Å². The van der Waals surface area contributed by atoms with Gasteiger partial charge in [-0.3, -0.25) is 4.90 Å². The molecule has 136 valence electrons. The number of carbonyl (C=O) groups excluding carboxylic acids is 1. The van der Waals surface area contributed by atoms with E-state index in [1.807, 2.05) is 25.7 Å². The Morgan fingerprint density at radius 3 is 2.48 bits per heavy atom. The van der Waals surface area contributed by atoms with E-state index in [0.29, 0.717) is 0 Å². The molecule has 3 rings (SSSR count). The van der Waals surface area contributed by atoms with Crippen LogP contribution in [0.4, 0.5) is 4.79 Å². The van der Waals surface area contributed by atoms with Crippen molar-refractivity contribution >= 4 is 17.0 Å². The summed E-state index contributed by atoms with van der Waals surface area (Å²) in [4.78, 5) is 16.4. The summed E-state index contributed by atoms with van der Waals surface area (Å²) in [6.45, 7) is 11.2. The minimum absolute atomic E-state index is 0.189. The Labute approximate surface area is 150 Å². The number of hydrogen-bond acceptors (Lipinski definition) is 3. The first-order valence-corrected chi connectivity index (χ1v) is 9.16. The lowest BCUT2D eigenvalue weighted by atomic mass is 10.2. The first-order chi connectivity index (χ1) is 11.9. The van der Waals surface area contributed by atoms with Gasteiger partial charge in [0.1, 0.15) is 5.60 Å². The van der Waals surface area contributed by atoms with Gasteiger partial charge >= 0.3 is 6.09 Å². The van der Waals surface area contributed by atoms with Crippen LogP contribution in [0, 0.1) is 0 Å². The number of amides is 1. The van der Waals surface area contributed by atoms with E-state index in [1.165, 1.54) is 10.9 Å². The Morgan fingerprint density at radius 2 is 1.76 bits per heavy atom. The Morgan fingerprint density at radius 1 is 1.04 bits per heavy atom.